The summed E-state index contributed by atoms with van der Waals surface area (Å²) in [5, 5.41) is 3.09. The van der Waals surface area contributed by atoms with Gasteiger partial charge in [-0.3, -0.25) is 0 Å². The lowest BCUT2D eigenvalue weighted by molar-refractivity contribution is 0.222. The van der Waals surface area contributed by atoms with E-state index in [0.29, 0.717) is 30.5 Å². The third-order valence-electron chi connectivity index (χ3n) is 3.87. The van der Waals surface area contributed by atoms with Crippen molar-refractivity contribution in [2.24, 2.45) is 10.7 Å². The highest BCUT2D eigenvalue weighted by Gasteiger charge is 2.07. The van der Waals surface area contributed by atoms with Crippen molar-refractivity contribution in [3.05, 3.63) is 53.6 Å². The normalized spacial score (nSPS) is 11.9. The van der Waals surface area contributed by atoms with Gasteiger partial charge in [-0.05, 0) is 43.2 Å². The predicted octanol–water partition coefficient (Wildman–Crippen LogP) is 3.50. The summed E-state index contributed by atoms with van der Waals surface area (Å²) in [5.74, 6) is 2.61. The van der Waals surface area contributed by atoms with Crippen LogP contribution in [-0.2, 0) is 6.54 Å². The first-order chi connectivity index (χ1) is 12.5. The number of guanidine groups is 1. The van der Waals surface area contributed by atoms with E-state index in [-0.39, 0.29) is 30.1 Å². The van der Waals surface area contributed by atoms with E-state index in [0.717, 1.165) is 16.9 Å². The summed E-state index contributed by atoms with van der Waals surface area (Å²) in [6.45, 7) is 5.03. The molecule has 2 aromatic carbocycles. The molecule has 3 N–H and O–H groups in total. The number of hydrogen-bond acceptors (Lipinski definition) is 4. The zero-order chi connectivity index (χ0) is 18.9. The molecule has 2 rings (SSSR count). The Morgan fingerprint density at radius 1 is 1.07 bits per heavy atom. The first kappa shape index (κ1) is 22.9. The summed E-state index contributed by atoms with van der Waals surface area (Å²) in [4.78, 5) is 4.35. The Labute approximate surface area is 178 Å². The molecule has 0 aliphatic heterocycles. The smallest absolute Gasteiger partial charge is 0.189 e. The molecule has 27 heavy (non-hydrogen) atoms. The quantitative estimate of drug-likeness (QED) is 0.340. The molecule has 0 fully saturated rings. The molecule has 7 heteroatoms. The fourth-order valence-corrected chi connectivity index (χ4v) is 2.41. The van der Waals surface area contributed by atoms with Crippen molar-refractivity contribution in [3.8, 4) is 17.2 Å². The first-order valence-electron chi connectivity index (χ1n) is 8.50. The lowest BCUT2D eigenvalue weighted by atomic mass is 10.2. The van der Waals surface area contributed by atoms with Crippen molar-refractivity contribution in [1.82, 2.24) is 5.32 Å². The van der Waals surface area contributed by atoms with Crippen LogP contribution in [0, 0.1) is 6.92 Å². The Morgan fingerprint density at radius 2 is 1.78 bits per heavy atom. The van der Waals surface area contributed by atoms with Gasteiger partial charge in [0.2, 0.25) is 0 Å². The summed E-state index contributed by atoms with van der Waals surface area (Å²) in [7, 11) is 3.22. The summed E-state index contributed by atoms with van der Waals surface area (Å²) >= 11 is 0. The van der Waals surface area contributed by atoms with Crippen LogP contribution < -0.4 is 25.3 Å². The summed E-state index contributed by atoms with van der Waals surface area (Å²) in [5.41, 5.74) is 8.04. The van der Waals surface area contributed by atoms with E-state index < -0.39 is 0 Å². The number of nitrogens with zero attached hydrogens (tertiary/aromatic N) is 1. The number of benzene rings is 2. The topological polar surface area (TPSA) is 78.1 Å². The van der Waals surface area contributed by atoms with Gasteiger partial charge in [0, 0.05) is 0 Å². The number of methoxy groups -OCH3 is 2. The second-order valence-electron chi connectivity index (χ2n) is 5.97. The molecule has 0 aliphatic rings. The van der Waals surface area contributed by atoms with E-state index in [1.165, 1.54) is 0 Å². The first-order valence-corrected chi connectivity index (χ1v) is 8.50. The number of halogens is 1. The molecule has 0 bridgehead atoms. The molecular formula is C20H28IN3O3. The van der Waals surface area contributed by atoms with E-state index in [1.807, 2.05) is 56.3 Å². The van der Waals surface area contributed by atoms with Crippen LogP contribution in [0.2, 0.25) is 0 Å². The van der Waals surface area contributed by atoms with Crippen molar-refractivity contribution < 1.29 is 14.2 Å². The van der Waals surface area contributed by atoms with Gasteiger partial charge < -0.3 is 25.3 Å². The standard InChI is InChI=1S/C20H27N3O3.HI/c1-14-7-5-6-8-17(14)26-15(2)12-22-20(21)23-13-16-9-10-18(24-3)19(11-16)25-4;/h5-11,15H,12-13H2,1-4H3,(H3,21,22,23);1H. The average Bonchev–Trinajstić information content (AvgIpc) is 2.66. The fraction of sp³-hybridized carbons (Fsp3) is 0.350. The molecule has 0 amide bonds. The number of nitrogens with two attached hydrogens (primary N) is 1. The second kappa shape index (κ2) is 11.5. The fourth-order valence-electron chi connectivity index (χ4n) is 2.41. The third kappa shape index (κ3) is 7.16. The van der Waals surface area contributed by atoms with Crippen molar-refractivity contribution in [1.29, 1.82) is 0 Å². The van der Waals surface area contributed by atoms with Crippen LogP contribution >= 0.6 is 24.0 Å². The Hall–Kier alpha value is -2.16. The predicted molar refractivity (Wildman–Crippen MR) is 120 cm³/mol. The monoisotopic (exact) mass is 485 g/mol. The number of ether oxygens (including phenoxy) is 3. The van der Waals surface area contributed by atoms with Crippen LogP contribution in [0.1, 0.15) is 18.1 Å². The van der Waals surface area contributed by atoms with Crippen molar-refractivity contribution >= 4 is 29.9 Å². The molecule has 0 saturated heterocycles. The zero-order valence-electron chi connectivity index (χ0n) is 16.2. The van der Waals surface area contributed by atoms with Crippen molar-refractivity contribution in [2.75, 3.05) is 20.8 Å². The molecule has 0 radical (unpaired) electrons. The molecule has 6 nitrogen and oxygen atoms in total. The van der Waals surface area contributed by atoms with Gasteiger partial charge in [0.25, 0.3) is 0 Å². The largest absolute Gasteiger partial charge is 0.493 e. The number of rotatable bonds is 8. The third-order valence-corrected chi connectivity index (χ3v) is 3.87. The second-order valence-corrected chi connectivity index (χ2v) is 5.97. The highest BCUT2D eigenvalue weighted by molar-refractivity contribution is 14.0. The van der Waals surface area contributed by atoms with Gasteiger partial charge in [-0.25, -0.2) is 4.99 Å². The maximum absolute atomic E-state index is 5.95. The number of hydrogen-bond donors (Lipinski definition) is 2. The van der Waals surface area contributed by atoms with Crippen molar-refractivity contribution in [2.45, 2.75) is 26.5 Å². The maximum Gasteiger partial charge on any atom is 0.189 e. The molecule has 2 aromatic rings. The van der Waals surface area contributed by atoms with Gasteiger partial charge in [0.1, 0.15) is 11.9 Å². The Morgan fingerprint density at radius 3 is 2.44 bits per heavy atom. The molecule has 0 saturated carbocycles. The van der Waals surface area contributed by atoms with E-state index in [2.05, 4.69) is 10.3 Å². The van der Waals surface area contributed by atoms with Crippen LogP contribution in [0.25, 0.3) is 0 Å². The van der Waals surface area contributed by atoms with E-state index >= 15 is 0 Å². The average molecular weight is 485 g/mol. The summed E-state index contributed by atoms with van der Waals surface area (Å²) in [6, 6.07) is 13.6. The van der Waals surface area contributed by atoms with Crippen molar-refractivity contribution in [3.63, 3.8) is 0 Å². The lowest BCUT2D eigenvalue weighted by Gasteiger charge is -2.17. The molecular weight excluding hydrogens is 457 g/mol. The Kier molecular flexibility index (Phi) is 9.77. The minimum absolute atomic E-state index is 0. The molecule has 0 aromatic heterocycles. The minimum atomic E-state index is -0.0362. The van der Waals surface area contributed by atoms with Crippen LogP contribution in [0.5, 0.6) is 17.2 Å². The number of aryl methyl sites for hydroxylation is 1. The summed E-state index contributed by atoms with van der Waals surface area (Å²) < 4.78 is 16.4. The van der Waals surface area contributed by atoms with E-state index in [9.17, 15) is 0 Å². The molecule has 0 aliphatic carbocycles. The Balaban J connectivity index is 0.00000364. The van der Waals surface area contributed by atoms with Crippen LogP contribution in [0.15, 0.2) is 47.5 Å². The molecule has 0 spiro atoms. The van der Waals surface area contributed by atoms with E-state index in [4.69, 9.17) is 19.9 Å². The SMILES string of the molecule is COc1ccc(CN=C(N)NCC(C)Oc2ccccc2C)cc1OC.I. The zero-order valence-corrected chi connectivity index (χ0v) is 18.5. The highest BCUT2D eigenvalue weighted by atomic mass is 127. The summed E-state index contributed by atoms with van der Waals surface area (Å²) in [6.07, 6.45) is -0.0362. The number of nitrogens with one attached hydrogen (secondary N) is 1. The van der Waals surface area contributed by atoms with Gasteiger partial charge in [-0.15, -0.1) is 24.0 Å². The molecule has 1 atom stereocenters. The van der Waals surface area contributed by atoms with Gasteiger partial charge in [-0.1, -0.05) is 24.3 Å². The van der Waals surface area contributed by atoms with Gasteiger partial charge >= 0.3 is 0 Å². The van der Waals surface area contributed by atoms with Crippen LogP contribution in [-0.4, -0.2) is 32.8 Å². The Bertz CT molecular complexity index is 753. The van der Waals surface area contributed by atoms with Crippen LogP contribution in [0.4, 0.5) is 0 Å². The minimum Gasteiger partial charge on any atom is -0.493 e. The number of para-hydroxylation sites is 1. The molecule has 0 heterocycles. The number of aliphatic imine (C=N–C) groups is 1. The van der Waals surface area contributed by atoms with Gasteiger partial charge in [-0.2, -0.15) is 0 Å². The molecule has 148 valence electrons. The maximum atomic E-state index is 5.95. The lowest BCUT2D eigenvalue weighted by Crippen LogP contribution is -2.38. The van der Waals surface area contributed by atoms with Gasteiger partial charge in [0.15, 0.2) is 17.5 Å². The highest BCUT2D eigenvalue weighted by Crippen LogP contribution is 2.27. The van der Waals surface area contributed by atoms with Crippen LogP contribution in [0.3, 0.4) is 0 Å². The van der Waals surface area contributed by atoms with Gasteiger partial charge in [0.05, 0.1) is 27.3 Å². The molecule has 1 unspecified atom stereocenters. The van der Waals surface area contributed by atoms with E-state index in [1.54, 1.807) is 14.2 Å².